The zero-order valence-electron chi connectivity index (χ0n) is 51.0. The number of phenolic OH excluding ortho intramolecular Hbond substituents is 1. The number of nitrogens with zero attached hydrogens (tertiary/aromatic N) is 1. The number of hydrogen-bond acceptors (Lipinski definition) is 21. The van der Waals surface area contributed by atoms with Gasteiger partial charge in [-0.15, -0.1) is 0 Å². The molecule has 0 aromatic heterocycles. The highest BCUT2D eigenvalue weighted by Gasteiger charge is 2.41. The van der Waals surface area contributed by atoms with Crippen LogP contribution in [0.5, 0.6) is 5.75 Å². The van der Waals surface area contributed by atoms with Crippen LogP contribution in [-0.4, -0.2) is 218 Å². The molecule has 11 atom stereocenters. The molecule has 2 rings (SSSR count). The molecule has 1 aliphatic heterocycles. The molecule has 0 aliphatic carbocycles. The van der Waals surface area contributed by atoms with Crippen molar-refractivity contribution in [2.24, 2.45) is 40.5 Å². The Kier molecular flexibility index (Phi) is 35.4. The van der Waals surface area contributed by atoms with Crippen LogP contribution >= 0.6 is 36.2 Å². The summed E-state index contributed by atoms with van der Waals surface area (Å²) < 4.78 is 0. The van der Waals surface area contributed by atoms with Crippen molar-refractivity contribution >= 4 is 125 Å². The molecule has 0 bridgehead atoms. The van der Waals surface area contributed by atoms with Crippen molar-refractivity contribution in [2.75, 3.05) is 48.4 Å². The fourth-order valence-electron chi connectivity index (χ4n) is 8.79. The number of rotatable bonds is 43. The quantitative estimate of drug-likeness (QED) is 0.0214. The maximum absolute atomic E-state index is 14.4. The molecule has 1 fully saturated rings. The van der Waals surface area contributed by atoms with Crippen LogP contribution in [0.4, 0.5) is 0 Å². The van der Waals surface area contributed by atoms with Gasteiger partial charge in [0.2, 0.25) is 76.8 Å². The van der Waals surface area contributed by atoms with Crippen molar-refractivity contribution in [2.45, 2.75) is 152 Å². The van der Waals surface area contributed by atoms with Crippen LogP contribution in [-0.2, 0) is 78.3 Å². The van der Waals surface area contributed by atoms with Crippen LogP contribution < -0.4 is 76.5 Å². The fourth-order valence-corrected chi connectivity index (χ4v) is 11.2. The van der Waals surface area contributed by atoms with Crippen molar-refractivity contribution < 1.29 is 87.2 Å². The van der Waals surface area contributed by atoms with Crippen molar-refractivity contribution in [3.05, 3.63) is 29.8 Å². The molecule has 0 unspecified atom stereocenters. The van der Waals surface area contributed by atoms with Gasteiger partial charge < -0.3 is 96.7 Å². The summed E-state index contributed by atoms with van der Waals surface area (Å²) >= 11 is 6.65. The molecule has 0 radical (unpaired) electrons. The van der Waals surface area contributed by atoms with Gasteiger partial charge in [-0.1, -0.05) is 46.2 Å². The molecule has 0 saturated carbocycles. The number of phenols is 1. The van der Waals surface area contributed by atoms with Gasteiger partial charge in [0, 0.05) is 54.6 Å². The first-order valence-corrected chi connectivity index (χ1v) is 32.0. The molecular formula is C55H87N15O18S3. The molecule has 22 N–H and O–H groups in total. The SMILES string of the molecule is CC[C@H](C)[C@H](NC(=O)[C@H](Cc1ccc(O)cc1)NC(=O)[C@@H](N)CSCCSC[C@@H](NC(=O)CC[C@H](N)C(=O)O)C(=O)NCC(=O)O)C(=O)N[C@@H](CCC(N)=O)C(=O)N[C@@H](CC(N)=O)C(=O)N[C@@H](CS)C(=O)N1CCC[C@H]1C(=O)N[C@@H](CC(C)C)C(=O)NCC(N)=O. The molecule has 13 amide bonds. The van der Waals surface area contributed by atoms with Gasteiger partial charge in [-0.25, -0.2) is 0 Å². The third kappa shape index (κ3) is 29.7. The van der Waals surface area contributed by atoms with Crippen LogP contribution in [0.1, 0.15) is 91.0 Å². The highest BCUT2D eigenvalue weighted by molar-refractivity contribution is 8.03. The van der Waals surface area contributed by atoms with Gasteiger partial charge in [-0.3, -0.25) is 71.9 Å². The Morgan fingerprint density at radius 2 is 1.19 bits per heavy atom. The van der Waals surface area contributed by atoms with Gasteiger partial charge in [0.1, 0.15) is 66.7 Å². The fraction of sp³-hybridized carbons (Fsp3) is 0.618. The van der Waals surface area contributed by atoms with Crippen LogP contribution in [0.3, 0.4) is 0 Å². The van der Waals surface area contributed by atoms with Crippen molar-refractivity contribution in [3.8, 4) is 5.75 Å². The summed E-state index contributed by atoms with van der Waals surface area (Å²) in [5.74, 6) is -14.7. The van der Waals surface area contributed by atoms with E-state index in [1.807, 2.05) is 0 Å². The molecule has 1 aromatic carbocycles. The number of amides is 13. The van der Waals surface area contributed by atoms with E-state index in [4.69, 9.17) is 38.9 Å². The van der Waals surface area contributed by atoms with E-state index >= 15 is 0 Å². The summed E-state index contributed by atoms with van der Waals surface area (Å²) in [5, 5.41) is 50.1. The van der Waals surface area contributed by atoms with Crippen molar-refractivity contribution in [1.82, 2.24) is 52.8 Å². The number of hydrogen-bond donors (Lipinski definition) is 18. The zero-order valence-corrected chi connectivity index (χ0v) is 53.6. The Balaban J connectivity index is 2.29. The number of primary amides is 3. The average Bonchev–Trinajstić information content (AvgIpc) is 1.85. The number of carboxylic acid groups (broad SMARTS) is 2. The summed E-state index contributed by atoms with van der Waals surface area (Å²) in [5.41, 5.74) is 28.3. The number of carbonyl (C=O) groups is 15. The van der Waals surface area contributed by atoms with E-state index in [9.17, 15) is 77.0 Å². The van der Waals surface area contributed by atoms with E-state index in [1.165, 1.54) is 52.7 Å². The second-order valence-electron chi connectivity index (χ2n) is 21.9. The highest BCUT2D eigenvalue weighted by atomic mass is 32.2. The molecule has 91 heavy (non-hydrogen) atoms. The van der Waals surface area contributed by atoms with Crippen LogP contribution in [0.25, 0.3) is 0 Å². The number of carboxylic acids is 2. The first kappa shape index (κ1) is 79.1. The lowest BCUT2D eigenvalue weighted by molar-refractivity contribution is -0.142. The Bertz CT molecular complexity index is 2730. The zero-order chi connectivity index (χ0) is 68.7. The van der Waals surface area contributed by atoms with Gasteiger partial charge in [0.25, 0.3) is 0 Å². The number of nitrogens with two attached hydrogens (primary N) is 5. The summed E-state index contributed by atoms with van der Waals surface area (Å²) in [7, 11) is 0. The first-order valence-electron chi connectivity index (χ1n) is 29.1. The second-order valence-corrected chi connectivity index (χ2v) is 24.5. The Morgan fingerprint density at radius 3 is 1.76 bits per heavy atom. The van der Waals surface area contributed by atoms with Gasteiger partial charge in [-0.05, 0) is 61.6 Å². The molecule has 1 aromatic rings. The Labute approximate surface area is 539 Å². The summed E-state index contributed by atoms with van der Waals surface area (Å²) in [6, 6.07) is -8.21. The number of thiol groups is 1. The summed E-state index contributed by atoms with van der Waals surface area (Å²) in [6.07, 6.45) is -1.68. The largest absolute Gasteiger partial charge is 0.508 e. The van der Waals surface area contributed by atoms with Crippen LogP contribution in [0.2, 0.25) is 0 Å². The molecular weight excluding hydrogens is 1250 g/mol. The number of nitrogens with one attached hydrogen (secondary N) is 9. The maximum atomic E-state index is 14.4. The number of thioether (sulfide) groups is 2. The number of aliphatic carboxylic acids is 2. The highest BCUT2D eigenvalue weighted by Crippen LogP contribution is 2.21. The molecule has 508 valence electrons. The topological polar surface area (TPSA) is 558 Å². The lowest BCUT2D eigenvalue weighted by atomic mass is 9.96. The molecule has 1 heterocycles. The van der Waals surface area contributed by atoms with Gasteiger partial charge in [-0.2, -0.15) is 36.2 Å². The van der Waals surface area contributed by atoms with E-state index < -0.39 is 187 Å². The predicted octanol–water partition coefficient (Wildman–Crippen LogP) is -5.73. The average molecular weight is 1340 g/mol. The van der Waals surface area contributed by atoms with Crippen LogP contribution in [0.15, 0.2) is 24.3 Å². The van der Waals surface area contributed by atoms with Gasteiger partial charge >= 0.3 is 11.9 Å². The van der Waals surface area contributed by atoms with Crippen molar-refractivity contribution in [1.29, 1.82) is 0 Å². The lowest BCUT2D eigenvalue weighted by Crippen LogP contribution is -2.61. The summed E-state index contributed by atoms with van der Waals surface area (Å²) in [6.45, 7) is 5.71. The molecule has 0 spiro atoms. The third-order valence-electron chi connectivity index (χ3n) is 13.9. The molecule has 36 heteroatoms. The molecule has 33 nitrogen and oxygen atoms in total. The number of carbonyl (C=O) groups excluding carboxylic acids is 13. The van der Waals surface area contributed by atoms with E-state index in [2.05, 4.69) is 60.5 Å². The maximum Gasteiger partial charge on any atom is 0.322 e. The lowest BCUT2D eigenvalue weighted by Gasteiger charge is -2.30. The second kappa shape index (κ2) is 40.7. The van der Waals surface area contributed by atoms with Gasteiger partial charge in [0.15, 0.2) is 0 Å². The smallest absolute Gasteiger partial charge is 0.322 e. The van der Waals surface area contributed by atoms with E-state index in [-0.39, 0.29) is 74.0 Å². The molecule has 1 saturated heterocycles. The summed E-state index contributed by atoms with van der Waals surface area (Å²) in [4.78, 5) is 196. The van der Waals surface area contributed by atoms with Crippen molar-refractivity contribution in [3.63, 3.8) is 0 Å². The Hall–Kier alpha value is -7.96. The minimum absolute atomic E-state index is 0.00352. The predicted molar refractivity (Wildman–Crippen MR) is 335 cm³/mol. The minimum Gasteiger partial charge on any atom is -0.508 e. The standard InChI is InChI=1S/C55H87N15O18S3/c1-5-28(4)45(69-51(83)35(20-29-8-10-30(71)11-9-29)65-46(78)32(57)25-90-17-18-91-26-38(48(80)62-23-44(76)77)63-43(75)15-12-31(56)55(87)88)53(85)64-33(13-14-40(58)72)49(81)66-36(21-41(59)73)50(82)68-37(24-89)54(86)70-16-6-7-39(70)52(84)67-34(19-27(2)3)47(79)61-22-42(60)74/h8-11,27-28,31-39,45,71,89H,5-7,12-26,56-57H2,1-4H3,(H2,58,72)(H2,59,73)(H2,60,74)(H,61,79)(H,62,80)(H,63,75)(H,64,85)(H,65,78)(H,66,81)(H,67,84)(H,68,82)(H,69,83)(H,76,77)(H,87,88)/t28-,31-,32-,33-,34-,35-,36-,37-,38+,39-,45-/m0/s1. The normalized spacial score (nSPS) is 16.0. The molecule has 1 aliphatic rings. The van der Waals surface area contributed by atoms with E-state index in [0.717, 1.165) is 0 Å². The monoisotopic (exact) mass is 1340 g/mol. The number of likely N-dealkylation sites (tertiary alicyclic amines) is 1. The van der Waals surface area contributed by atoms with Gasteiger partial charge in [0.05, 0.1) is 19.0 Å². The third-order valence-corrected chi connectivity index (χ3v) is 16.7. The first-order chi connectivity index (χ1) is 42.8. The number of aromatic hydroxyl groups is 1. The van der Waals surface area contributed by atoms with E-state index in [0.29, 0.717) is 23.5 Å². The van der Waals surface area contributed by atoms with Crippen LogP contribution in [0, 0.1) is 11.8 Å². The van der Waals surface area contributed by atoms with E-state index in [1.54, 1.807) is 27.7 Å². The Morgan fingerprint density at radius 1 is 0.615 bits per heavy atom. The minimum atomic E-state index is -1.82. The number of benzene rings is 1.